The van der Waals surface area contributed by atoms with Crippen molar-refractivity contribution in [1.82, 2.24) is 5.32 Å². The molecule has 1 aliphatic heterocycles. The van der Waals surface area contributed by atoms with Crippen molar-refractivity contribution < 1.29 is 23.5 Å². The van der Waals surface area contributed by atoms with Gasteiger partial charge < -0.3 is 20.5 Å². The highest BCUT2D eigenvalue weighted by molar-refractivity contribution is 6.02. The second-order valence-corrected chi connectivity index (χ2v) is 6.17. The first-order valence-electron chi connectivity index (χ1n) is 7.93. The third-order valence-corrected chi connectivity index (χ3v) is 4.47. The van der Waals surface area contributed by atoms with Crippen molar-refractivity contribution in [2.45, 2.75) is 19.4 Å². The van der Waals surface area contributed by atoms with Crippen LogP contribution in [0.25, 0.3) is 10.8 Å². The molecule has 2 atom stereocenters. The summed E-state index contributed by atoms with van der Waals surface area (Å²) >= 11 is 0. The zero-order valence-corrected chi connectivity index (χ0v) is 14.0. The summed E-state index contributed by atoms with van der Waals surface area (Å²) in [6.07, 6.45) is 0.466. The SMILES string of the molecule is COc1cc2c(OC[C@H]3NC(=O)C[C@H]3C)ccc(F)c2cc1C(N)=O. The van der Waals surface area contributed by atoms with Crippen LogP contribution in [0.4, 0.5) is 4.39 Å². The number of ether oxygens (including phenoxy) is 2. The fraction of sp³-hybridized carbons (Fsp3) is 0.333. The Morgan fingerprint density at radius 2 is 2.08 bits per heavy atom. The molecular formula is C18H19FN2O4. The summed E-state index contributed by atoms with van der Waals surface area (Å²) in [5.41, 5.74) is 5.43. The highest BCUT2D eigenvalue weighted by atomic mass is 19.1. The second kappa shape index (κ2) is 6.58. The van der Waals surface area contributed by atoms with E-state index < -0.39 is 11.7 Å². The lowest BCUT2D eigenvalue weighted by atomic mass is 10.0. The molecule has 0 unspecified atom stereocenters. The summed E-state index contributed by atoms with van der Waals surface area (Å²) in [7, 11) is 1.41. The average Bonchev–Trinajstić information content (AvgIpc) is 2.90. The van der Waals surface area contributed by atoms with Crippen LogP contribution in [0.1, 0.15) is 23.7 Å². The molecule has 0 bridgehead atoms. The quantitative estimate of drug-likeness (QED) is 0.866. The van der Waals surface area contributed by atoms with E-state index >= 15 is 0 Å². The number of amides is 2. The topological polar surface area (TPSA) is 90.7 Å². The van der Waals surface area contributed by atoms with Crippen LogP contribution in [0.2, 0.25) is 0 Å². The Kier molecular flexibility index (Phi) is 4.48. The van der Waals surface area contributed by atoms with Crippen molar-refractivity contribution in [2.75, 3.05) is 13.7 Å². The number of methoxy groups -OCH3 is 1. The van der Waals surface area contributed by atoms with Crippen LogP contribution in [0.15, 0.2) is 24.3 Å². The van der Waals surface area contributed by atoms with Crippen molar-refractivity contribution in [3.63, 3.8) is 0 Å². The Hall–Kier alpha value is -2.83. The number of fused-ring (bicyclic) bond motifs is 1. The molecule has 2 aromatic rings. The van der Waals surface area contributed by atoms with Gasteiger partial charge in [-0.25, -0.2) is 4.39 Å². The highest BCUT2D eigenvalue weighted by Crippen LogP contribution is 2.34. The van der Waals surface area contributed by atoms with E-state index in [0.717, 1.165) is 0 Å². The van der Waals surface area contributed by atoms with Crippen LogP contribution in [0, 0.1) is 11.7 Å². The molecule has 0 spiro atoms. The van der Waals surface area contributed by atoms with Gasteiger partial charge in [-0.3, -0.25) is 9.59 Å². The first-order chi connectivity index (χ1) is 11.9. The largest absolute Gasteiger partial charge is 0.496 e. The summed E-state index contributed by atoms with van der Waals surface area (Å²) in [5.74, 6) is -0.341. The van der Waals surface area contributed by atoms with Gasteiger partial charge >= 0.3 is 0 Å². The van der Waals surface area contributed by atoms with Crippen molar-refractivity contribution in [1.29, 1.82) is 0 Å². The number of nitrogens with one attached hydrogen (secondary N) is 1. The smallest absolute Gasteiger partial charge is 0.252 e. The normalized spacial score (nSPS) is 19.7. The third kappa shape index (κ3) is 3.22. The minimum Gasteiger partial charge on any atom is -0.496 e. The van der Waals surface area contributed by atoms with Gasteiger partial charge in [-0.15, -0.1) is 0 Å². The van der Waals surface area contributed by atoms with E-state index in [1.807, 2.05) is 6.92 Å². The van der Waals surface area contributed by atoms with E-state index in [-0.39, 0.29) is 41.2 Å². The number of rotatable bonds is 5. The van der Waals surface area contributed by atoms with Crippen LogP contribution in [-0.4, -0.2) is 31.6 Å². The fourth-order valence-corrected chi connectivity index (χ4v) is 3.03. The number of hydrogen-bond acceptors (Lipinski definition) is 4. The van der Waals surface area contributed by atoms with E-state index in [2.05, 4.69) is 5.32 Å². The Morgan fingerprint density at radius 3 is 2.68 bits per heavy atom. The third-order valence-electron chi connectivity index (χ3n) is 4.47. The van der Waals surface area contributed by atoms with Crippen LogP contribution < -0.4 is 20.5 Å². The molecule has 1 fully saturated rings. The Bertz CT molecular complexity index is 853. The van der Waals surface area contributed by atoms with E-state index in [9.17, 15) is 14.0 Å². The Balaban J connectivity index is 1.97. The first kappa shape index (κ1) is 17.0. The maximum Gasteiger partial charge on any atom is 0.252 e. The minimum atomic E-state index is -0.702. The lowest BCUT2D eigenvalue weighted by molar-refractivity contribution is -0.119. The molecule has 1 saturated heterocycles. The van der Waals surface area contributed by atoms with Gasteiger partial charge in [0.2, 0.25) is 5.91 Å². The molecule has 2 amide bonds. The minimum absolute atomic E-state index is 0.00201. The number of carbonyl (C=O) groups excluding carboxylic acids is 2. The van der Waals surface area contributed by atoms with Crippen LogP contribution in [0.5, 0.6) is 11.5 Å². The first-order valence-corrected chi connectivity index (χ1v) is 7.93. The lowest BCUT2D eigenvalue weighted by Crippen LogP contribution is -2.34. The molecule has 0 saturated carbocycles. The Morgan fingerprint density at radius 1 is 1.32 bits per heavy atom. The molecule has 2 aromatic carbocycles. The predicted molar refractivity (Wildman–Crippen MR) is 90.2 cm³/mol. The van der Waals surface area contributed by atoms with E-state index in [1.165, 1.54) is 31.4 Å². The van der Waals surface area contributed by atoms with E-state index in [4.69, 9.17) is 15.2 Å². The second-order valence-electron chi connectivity index (χ2n) is 6.17. The number of nitrogens with two attached hydrogens (primary N) is 1. The van der Waals surface area contributed by atoms with Gasteiger partial charge in [0, 0.05) is 17.2 Å². The monoisotopic (exact) mass is 346 g/mol. The van der Waals surface area contributed by atoms with Gasteiger partial charge in [-0.05, 0) is 30.2 Å². The molecule has 132 valence electrons. The molecule has 0 radical (unpaired) electrons. The summed E-state index contributed by atoms with van der Waals surface area (Å²) < 4.78 is 25.2. The molecule has 1 heterocycles. The number of hydrogen-bond donors (Lipinski definition) is 2. The molecule has 0 aliphatic carbocycles. The van der Waals surface area contributed by atoms with Gasteiger partial charge in [0.1, 0.15) is 23.9 Å². The molecular weight excluding hydrogens is 327 g/mol. The van der Waals surface area contributed by atoms with Gasteiger partial charge in [-0.2, -0.15) is 0 Å². The van der Waals surface area contributed by atoms with Crippen molar-refractivity contribution >= 4 is 22.6 Å². The van der Waals surface area contributed by atoms with Gasteiger partial charge in [0.05, 0.1) is 18.7 Å². The van der Waals surface area contributed by atoms with Gasteiger partial charge in [0.25, 0.3) is 5.91 Å². The highest BCUT2D eigenvalue weighted by Gasteiger charge is 2.29. The molecule has 25 heavy (non-hydrogen) atoms. The van der Waals surface area contributed by atoms with Crippen molar-refractivity contribution in [3.05, 3.63) is 35.6 Å². The predicted octanol–water partition coefficient (Wildman–Crippen LogP) is 1.99. The van der Waals surface area contributed by atoms with E-state index in [0.29, 0.717) is 17.6 Å². The maximum atomic E-state index is 14.2. The van der Waals surface area contributed by atoms with Crippen molar-refractivity contribution in [3.8, 4) is 11.5 Å². The molecule has 3 N–H and O–H groups in total. The van der Waals surface area contributed by atoms with Crippen LogP contribution in [0.3, 0.4) is 0 Å². The van der Waals surface area contributed by atoms with Crippen molar-refractivity contribution in [2.24, 2.45) is 11.7 Å². The van der Waals surface area contributed by atoms with Crippen LogP contribution in [-0.2, 0) is 4.79 Å². The van der Waals surface area contributed by atoms with E-state index in [1.54, 1.807) is 0 Å². The molecule has 6 nitrogen and oxygen atoms in total. The molecule has 7 heteroatoms. The zero-order valence-electron chi connectivity index (χ0n) is 14.0. The molecule has 1 aliphatic rings. The maximum absolute atomic E-state index is 14.2. The number of halogens is 1. The number of carbonyl (C=O) groups is 2. The lowest BCUT2D eigenvalue weighted by Gasteiger charge is -2.18. The fourth-order valence-electron chi connectivity index (χ4n) is 3.03. The standard InChI is InChI=1S/C18H19FN2O4/c1-9-5-17(22)21-14(9)8-25-15-4-3-13(19)10-6-12(18(20)23)16(24-2)7-11(10)15/h3-4,6-7,9,14H,5,8H2,1-2H3,(H2,20,23)(H,21,22)/t9-,14-/m1/s1. The molecule has 3 rings (SSSR count). The summed E-state index contributed by atoms with van der Waals surface area (Å²) in [4.78, 5) is 23.0. The van der Waals surface area contributed by atoms with Gasteiger partial charge in [0.15, 0.2) is 0 Å². The summed E-state index contributed by atoms with van der Waals surface area (Å²) in [6, 6.07) is 5.58. The zero-order chi connectivity index (χ0) is 18.1. The van der Waals surface area contributed by atoms with Crippen LogP contribution >= 0.6 is 0 Å². The number of benzene rings is 2. The Labute approximate surface area is 144 Å². The summed E-state index contributed by atoms with van der Waals surface area (Å²) in [5, 5.41) is 3.55. The molecule has 0 aromatic heterocycles. The summed E-state index contributed by atoms with van der Waals surface area (Å²) in [6.45, 7) is 2.24. The number of primary amides is 1. The average molecular weight is 346 g/mol. The van der Waals surface area contributed by atoms with Gasteiger partial charge in [-0.1, -0.05) is 6.92 Å².